The van der Waals surface area contributed by atoms with E-state index < -0.39 is 0 Å². The van der Waals surface area contributed by atoms with E-state index >= 15 is 0 Å². The SMILES string of the molecule is Cl[C@@H]1[C@H]2CC[C@@H](C2)[C@@H]1Br. The van der Waals surface area contributed by atoms with Crippen molar-refractivity contribution in [3.8, 4) is 0 Å². The summed E-state index contributed by atoms with van der Waals surface area (Å²) >= 11 is 9.74. The third-order valence-corrected chi connectivity index (χ3v) is 4.97. The molecule has 52 valence electrons. The van der Waals surface area contributed by atoms with E-state index in [1.165, 1.54) is 19.3 Å². The van der Waals surface area contributed by atoms with E-state index in [0.717, 1.165) is 11.8 Å². The van der Waals surface area contributed by atoms with Crippen LogP contribution in [-0.4, -0.2) is 10.2 Å². The second-order valence-corrected chi connectivity index (χ2v) is 4.78. The van der Waals surface area contributed by atoms with Gasteiger partial charge in [-0.25, -0.2) is 0 Å². The molecule has 0 radical (unpaired) electrons. The molecule has 9 heavy (non-hydrogen) atoms. The van der Waals surface area contributed by atoms with E-state index in [9.17, 15) is 0 Å². The highest BCUT2D eigenvalue weighted by Gasteiger charge is 2.45. The average Bonchev–Trinajstić information content (AvgIpc) is 2.37. The fraction of sp³-hybridized carbons (Fsp3) is 1.00. The lowest BCUT2D eigenvalue weighted by Gasteiger charge is -2.20. The molecule has 2 bridgehead atoms. The Morgan fingerprint density at radius 1 is 1.22 bits per heavy atom. The summed E-state index contributed by atoms with van der Waals surface area (Å²) < 4.78 is 0. The van der Waals surface area contributed by atoms with E-state index in [0.29, 0.717) is 10.2 Å². The molecule has 2 saturated carbocycles. The van der Waals surface area contributed by atoms with Crippen LogP contribution in [0.4, 0.5) is 0 Å². The molecule has 0 unspecified atom stereocenters. The normalized spacial score (nSPS) is 56.7. The Morgan fingerprint density at radius 3 is 2.22 bits per heavy atom. The van der Waals surface area contributed by atoms with Gasteiger partial charge < -0.3 is 0 Å². The molecular formula is C7H10BrCl. The van der Waals surface area contributed by atoms with Crippen molar-refractivity contribution in [2.75, 3.05) is 0 Å². The molecule has 0 nitrogen and oxygen atoms in total. The zero-order valence-electron chi connectivity index (χ0n) is 5.19. The first-order chi connectivity index (χ1) is 4.29. The van der Waals surface area contributed by atoms with Gasteiger partial charge in [0.15, 0.2) is 0 Å². The summed E-state index contributed by atoms with van der Waals surface area (Å²) in [5.41, 5.74) is 0. The Balaban J connectivity index is 2.15. The second kappa shape index (κ2) is 2.13. The molecule has 2 heteroatoms. The van der Waals surface area contributed by atoms with Crippen LogP contribution < -0.4 is 0 Å². The van der Waals surface area contributed by atoms with Gasteiger partial charge in [-0.15, -0.1) is 11.6 Å². The molecule has 0 aliphatic heterocycles. The quantitative estimate of drug-likeness (QED) is 0.538. The molecule has 0 spiro atoms. The van der Waals surface area contributed by atoms with Crippen molar-refractivity contribution in [2.24, 2.45) is 11.8 Å². The predicted octanol–water partition coefficient (Wildman–Crippen LogP) is 2.79. The van der Waals surface area contributed by atoms with Crippen molar-refractivity contribution in [2.45, 2.75) is 29.5 Å². The van der Waals surface area contributed by atoms with E-state index in [2.05, 4.69) is 15.9 Å². The van der Waals surface area contributed by atoms with Crippen LogP contribution in [0.15, 0.2) is 0 Å². The predicted molar refractivity (Wildman–Crippen MR) is 43.2 cm³/mol. The van der Waals surface area contributed by atoms with Gasteiger partial charge in [0.05, 0.1) is 0 Å². The molecule has 2 aliphatic carbocycles. The van der Waals surface area contributed by atoms with E-state index in [-0.39, 0.29) is 0 Å². The summed E-state index contributed by atoms with van der Waals surface area (Å²) in [5.74, 6) is 1.73. The first-order valence-electron chi connectivity index (χ1n) is 3.57. The Labute approximate surface area is 69.1 Å². The largest absolute Gasteiger partial charge is 0.121 e. The van der Waals surface area contributed by atoms with Crippen molar-refractivity contribution < 1.29 is 0 Å². The molecule has 0 amide bonds. The van der Waals surface area contributed by atoms with Gasteiger partial charge in [0.1, 0.15) is 0 Å². The Hall–Kier alpha value is 0.770. The highest BCUT2D eigenvalue weighted by Crippen LogP contribution is 2.50. The molecule has 0 aromatic carbocycles. The fourth-order valence-corrected chi connectivity index (χ4v) is 3.50. The number of alkyl halides is 2. The number of halogens is 2. The monoisotopic (exact) mass is 208 g/mol. The average molecular weight is 210 g/mol. The fourth-order valence-electron chi connectivity index (χ4n) is 2.15. The van der Waals surface area contributed by atoms with Crippen molar-refractivity contribution in [3.63, 3.8) is 0 Å². The molecule has 2 rings (SSSR count). The van der Waals surface area contributed by atoms with Gasteiger partial charge in [-0.1, -0.05) is 15.9 Å². The highest BCUT2D eigenvalue weighted by atomic mass is 79.9. The van der Waals surface area contributed by atoms with Crippen molar-refractivity contribution >= 4 is 27.5 Å². The summed E-state index contributed by atoms with van der Waals surface area (Å²) in [5, 5.41) is 0.434. The van der Waals surface area contributed by atoms with E-state index in [1.54, 1.807) is 0 Å². The highest BCUT2D eigenvalue weighted by molar-refractivity contribution is 9.09. The smallest absolute Gasteiger partial charge is 0.0492 e. The number of rotatable bonds is 0. The van der Waals surface area contributed by atoms with Crippen LogP contribution in [-0.2, 0) is 0 Å². The van der Waals surface area contributed by atoms with Crippen LogP contribution in [0.2, 0.25) is 0 Å². The minimum absolute atomic E-state index is 0.434. The first-order valence-corrected chi connectivity index (χ1v) is 4.92. The third-order valence-electron chi connectivity index (χ3n) is 2.72. The second-order valence-electron chi connectivity index (χ2n) is 3.22. The molecule has 2 aliphatic rings. The van der Waals surface area contributed by atoms with Crippen LogP contribution in [0, 0.1) is 11.8 Å². The van der Waals surface area contributed by atoms with E-state index in [1.807, 2.05) is 0 Å². The number of fused-ring (bicyclic) bond motifs is 2. The zero-order chi connectivity index (χ0) is 6.43. The minimum atomic E-state index is 0.434. The summed E-state index contributed by atoms with van der Waals surface area (Å²) in [6.07, 6.45) is 4.16. The van der Waals surface area contributed by atoms with Gasteiger partial charge in [0, 0.05) is 10.2 Å². The van der Waals surface area contributed by atoms with Crippen LogP contribution >= 0.6 is 27.5 Å². The maximum absolute atomic E-state index is 6.11. The van der Waals surface area contributed by atoms with Crippen molar-refractivity contribution in [3.05, 3.63) is 0 Å². The van der Waals surface area contributed by atoms with Crippen LogP contribution in [0.25, 0.3) is 0 Å². The summed E-state index contributed by atoms with van der Waals surface area (Å²) in [7, 11) is 0. The molecule has 4 atom stereocenters. The van der Waals surface area contributed by atoms with Gasteiger partial charge in [-0.2, -0.15) is 0 Å². The molecule has 0 aromatic rings. The van der Waals surface area contributed by atoms with Gasteiger partial charge in [0.2, 0.25) is 0 Å². The van der Waals surface area contributed by atoms with Gasteiger partial charge in [-0.05, 0) is 31.1 Å². The molecular weight excluding hydrogens is 199 g/mol. The lowest BCUT2D eigenvalue weighted by atomic mass is 10.0. The number of hydrogen-bond donors (Lipinski definition) is 0. The lowest BCUT2D eigenvalue weighted by Crippen LogP contribution is -2.21. The van der Waals surface area contributed by atoms with Crippen LogP contribution in [0.1, 0.15) is 19.3 Å². The Bertz CT molecular complexity index is 108. The standard InChI is InChI=1S/C7H10BrCl/c8-6-4-1-2-5(3-4)7(6)9/h4-7H,1-3H2/t4-,5-,6-,7+/m0/s1. The van der Waals surface area contributed by atoms with Crippen molar-refractivity contribution in [1.29, 1.82) is 0 Å². The van der Waals surface area contributed by atoms with Gasteiger partial charge >= 0.3 is 0 Å². The molecule has 0 N–H and O–H groups in total. The molecule has 0 aromatic heterocycles. The lowest BCUT2D eigenvalue weighted by molar-refractivity contribution is 0.504. The molecule has 2 fully saturated rings. The van der Waals surface area contributed by atoms with Gasteiger partial charge in [-0.3, -0.25) is 0 Å². The summed E-state index contributed by atoms with van der Waals surface area (Å²) in [6.45, 7) is 0. The van der Waals surface area contributed by atoms with E-state index in [4.69, 9.17) is 11.6 Å². The maximum Gasteiger partial charge on any atom is 0.0492 e. The zero-order valence-corrected chi connectivity index (χ0v) is 7.53. The molecule has 0 heterocycles. The maximum atomic E-state index is 6.11. The van der Waals surface area contributed by atoms with Gasteiger partial charge in [0.25, 0.3) is 0 Å². The molecule has 0 saturated heterocycles. The third kappa shape index (κ3) is 0.848. The Kier molecular flexibility index (Phi) is 1.53. The van der Waals surface area contributed by atoms with Crippen molar-refractivity contribution in [1.82, 2.24) is 0 Å². The first kappa shape index (κ1) is 6.48. The topological polar surface area (TPSA) is 0 Å². The number of hydrogen-bond acceptors (Lipinski definition) is 0. The summed E-state index contributed by atoms with van der Waals surface area (Å²) in [6, 6.07) is 0. The van der Waals surface area contributed by atoms with Crippen LogP contribution in [0.3, 0.4) is 0 Å². The van der Waals surface area contributed by atoms with Crippen LogP contribution in [0.5, 0.6) is 0 Å². The minimum Gasteiger partial charge on any atom is -0.121 e. The summed E-state index contributed by atoms with van der Waals surface area (Å²) in [4.78, 5) is 0.623. The Morgan fingerprint density at radius 2 is 1.89 bits per heavy atom.